The summed E-state index contributed by atoms with van der Waals surface area (Å²) in [5, 5.41) is 3.94. The monoisotopic (exact) mass is 474 g/mol. The fraction of sp³-hybridized carbons (Fsp3) is 0.250. The van der Waals surface area contributed by atoms with Crippen molar-refractivity contribution in [1.29, 1.82) is 0 Å². The minimum absolute atomic E-state index is 0.133. The van der Waals surface area contributed by atoms with E-state index in [2.05, 4.69) is 17.5 Å². The maximum absolute atomic E-state index is 12.3. The number of carbonyl (C=O) groups is 2. The van der Waals surface area contributed by atoms with Crippen molar-refractivity contribution in [2.75, 3.05) is 13.2 Å². The second kappa shape index (κ2) is 13.5. The van der Waals surface area contributed by atoms with Crippen LogP contribution in [0.15, 0.2) is 77.9 Å². The summed E-state index contributed by atoms with van der Waals surface area (Å²) in [6.45, 7) is 4.49. The highest BCUT2D eigenvalue weighted by molar-refractivity contribution is 5.91. The number of hydrogen-bond acceptors (Lipinski definition) is 6. The number of unbranched alkanes of at least 4 members (excludes halogenated alkanes) is 1. The summed E-state index contributed by atoms with van der Waals surface area (Å²) in [5.41, 5.74) is 4.85. The molecular weight excluding hydrogens is 444 g/mol. The fourth-order valence-electron chi connectivity index (χ4n) is 3.14. The number of ether oxygens (including phenoxy) is 3. The Hall–Kier alpha value is -4.13. The molecule has 0 saturated carbocycles. The maximum Gasteiger partial charge on any atom is 0.343 e. The van der Waals surface area contributed by atoms with Crippen LogP contribution in [0.2, 0.25) is 0 Å². The molecule has 0 fully saturated rings. The van der Waals surface area contributed by atoms with Crippen molar-refractivity contribution in [2.24, 2.45) is 5.10 Å². The summed E-state index contributed by atoms with van der Waals surface area (Å²) in [6, 6.07) is 21.3. The molecule has 0 radical (unpaired) electrons. The minimum atomic E-state index is -0.461. The molecule has 0 aromatic heterocycles. The second-order valence-corrected chi connectivity index (χ2v) is 7.75. The molecule has 3 aromatic carbocycles. The first-order valence-electron chi connectivity index (χ1n) is 11.7. The van der Waals surface area contributed by atoms with E-state index in [1.165, 1.54) is 11.8 Å². The summed E-state index contributed by atoms with van der Waals surface area (Å²) in [6.07, 6.45) is 4.84. The predicted octanol–water partition coefficient (Wildman–Crippen LogP) is 5.18. The number of benzene rings is 3. The summed E-state index contributed by atoms with van der Waals surface area (Å²) >= 11 is 0. The molecule has 35 heavy (non-hydrogen) atoms. The lowest BCUT2D eigenvalue weighted by Gasteiger charge is -2.07. The molecule has 3 rings (SSSR count). The summed E-state index contributed by atoms with van der Waals surface area (Å²) in [7, 11) is 0. The number of aryl methyl sites for hydroxylation is 1. The molecule has 0 spiro atoms. The standard InChI is InChI=1S/C28H30N2O5/c1-3-5-6-21-7-13-25(14-8-21)34-20-27(31)30-29-19-22-9-15-26(16-10-22)35-28(32)23-11-17-24(18-12-23)33-4-2/h7-19H,3-6,20H2,1-2H3,(H,30,31)/b29-19-. The number of carbonyl (C=O) groups excluding carboxylic acids is 2. The van der Waals surface area contributed by atoms with Gasteiger partial charge in [-0.15, -0.1) is 0 Å². The second-order valence-electron chi connectivity index (χ2n) is 7.75. The molecule has 0 heterocycles. The number of esters is 1. The fourth-order valence-corrected chi connectivity index (χ4v) is 3.14. The van der Waals surface area contributed by atoms with Crippen LogP contribution in [0.25, 0.3) is 0 Å². The number of hydrazone groups is 1. The van der Waals surface area contributed by atoms with Crippen LogP contribution in [-0.4, -0.2) is 31.3 Å². The lowest BCUT2D eigenvalue weighted by atomic mass is 10.1. The van der Waals surface area contributed by atoms with Gasteiger partial charge in [0.25, 0.3) is 5.91 Å². The molecule has 0 saturated heterocycles. The molecule has 0 atom stereocenters. The van der Waals surface area contributed by atoms with Gasteiger partial charge in [-0.2, -0.15) is 5.10 Å². The normalized spacial score (nSPS) is 10.7. The van der Waals surface area contributed by atoms with Gasteiger partial charge in [0.05, 0.1) is 18.4 Å². The van der Waals surface area contributed by atoms with E-state index in [9.17, 15) is 9.59 Å². The van der Waals surface area contributed by atoms with Crippen LogP contribution in [0.4, 0.5) is 0 Å². The molecule has 0 aliphatic carbocycles. The van der Waals surface area contributed by atoms with Crippen molar-refractivity contribution < 1.29 is 23.8 Å². The lowest BCUT2D eigenvalue weighted by Crippen LogP contribution is -2.24. The van der Waals surface area contributed by atoms with E-state index in [4.69, 9.17) is 14.2 Å². The molecule has 7 nitrogen and oxygen atoms in total. The molecule has 1 N–H and O–H groups in total. The largest absolute Gasteiger partial charge is 0.494 e. The topological polar surface area (TPSA) is 86.2 Å². The SMILES string of the molecule is CCCCc1ccc(OCC(=O)N/N=C\c2ccc(OC(=O)c3ccc(OCC)cc3)cc2)cc1. The Morgan fingerprint density at radius 1 is 0.829 bits per heavy atom. The van der Waals surface area contributed by atoms with Crippen LogP contribution in [0.3, 0.4) is 0 Å². The zero-order valence-electron chi connectivity index (χ0n) is 20.0. The van der Waals surface area contributed by atoms with E-state index in [1.54, 1.807) is 48.5 Å². The predicted molar refractivity (Wildman–Crippen MR) is 135 cm³/mol. The van der Waals surface area contributed by atoms with E-state index < -0.39 is 5.97 Å². The van der Waals surface area contributed by atoms with E-state index in [-0.39, 0.29) is 12.5 Å². The molecule has 3 aromatic rings. The van der Waals surface area contributed by atoms with E-state index in [1.807, 2.05) is 31.2 Å². The quantitative estimate of drug-likeness (QED) is 0.169. The van der Waals surface area contributed by atoms with Gasteiger partial charge in [0.15, 0.2) is 6.61 Å². The first kappa shape index (κ1) is 25.5. The molecule has 182 valence electrons. The van der Waals surface area contributed by atoms with E-state index >= 15 is 0 Å². The highest BCUT2D eigenvalue weighted by Gasteiger charge is 2.09. The number of amides is 1. The zero-order valence-corrected chi connectivity index (χ0v) is 20.0. The Morgan fingerprint density at radius 3 is 2.11 bits per heavy atom. The molecule has 0 aliphatic rings. The van der Waals surface area contributed by atoms with Crippen LogP contribution >= 0.6 is 0 Å². The third-order valence-electron chi connectivity index (χ3n) is 5.01. The number of nitrogens with zero attached hydrogens (tertiary/aromatic N) is 1. The minimum Gasteiger partial charge on any atom is -0.494 e. The Morgan fingerprint density at radius 2 is 1.46 bits per heavy atom. The molecule has 1 amide bonds. The molecule has 0 aliphatic heterocycles. The van der Waals surface area contributed by atoms with Gasteiger partial charge in [0, 0.05) is 0 Å². The van der Waals surface area contributed by atoms with Gasteiger partial charge in [-0.3, -0.25) is 4.79 Å². The lowest BCUT2D eigenvalue weighted by molar-refractivity contribution is -0.123. The average Bonchev–Trinajstić information content (AvgIpc) is 2.88. The van der Waals surface area contributed by atoms with Crippen LogP contribution in [0.1, 0.15) is 48.2 Å². The number of nitrogens with one attached hydrogen (secondary N) is 1. The Labute approximate surface area is 205 Å². The van der Waals surface area contributed by atoms with Gasteiger partial charge in [0.2, 0.25) is 0 Å². The third kappa shape index (κ3) is 8.62. The first-order valence-corrected chi connectivity index (χ1v) is 11.7. The van der Waals surface area contributed by atoms with Crippen LogP contribution < -0.4 is 19.6 Å². The van der Waals surface area contributed by atoms with Crippen molar-refractivity contribution in [3.63, 3.8) is 0 Å². The number of rotatable bonds is 12. The molecule has 7 heteroatoms. The highest BCUT2D eigenvalue weighted by Crippen LogP contribution is 2.17. The van der Waals surface area contributed by atoms with E-state index in [0.29, 0.717) is 29.4 Å². The first-order chi connectivity index (χ1) is 17.1. The number of hydrogen-bond donors (Lipinski definition) is 1. The van der Waals surface area contributed by atoms with Gasteiger partial charge in [-0.05, 0) is 91.6 Å². The average molecular weight is 475 g/mol. The Kier molecular flexibility index (Phi) is 9.87. The molecule has 0 bridgehead atoms. The van der Waals surface area contributed by atoms with Gasteiger partial charge >= 0.3 is 5.97 Å². The van der Waals surface area contributed by atoms with Gasteiger partial charge in [-0.25, -0.2) is 10.2 Å². The highest BCUT2D eigenvalue weighted by atomic mass is 16.5. The Balaban J connectivity index is 1.41. The zero-order chi connectivity index (χ0) is 24.9. The van der Waals surface area contributed by atoms with Crippen molar-refractivity contribution in [3.8, 4) is 17.2 Å². The van der Waals surface area contributed by atoms with Crippen molar-refractivity contribution in [3.05, 3.63) is 89.5 Å². The molecular formula is C28H30N2O5. The maximum atomic E-state index is 12.3. The summed E-state index contributed by atoms with van der Waals surface area (Å²) in [5.74, 6) is 0.913. The van der Waals surface area contributed by atoms with Gasteiger partial charge in [-0.1, -0.05) is 25.5 Å². The van der Waals surface area contributed by atoms with Crippen molar-refractivity contribution in [2.45, 2.75) is 33.1 Å². The van der Waals surface area contributed by atoms with Gasteiger partial charge < -0.3 is 14.2 Å². The summed E-state index contributed by atoms with van der Waals surface area (Å²) < 4.78 is 16.3. The third-order valence-corrected chi connectivity index (χ3v) is 5.01. The van der Waals surface area contributed by atoms with Crippen LogP contribution in [-0.2, 0) is 11.2 Å². The van der Waals surface area contributed by atoms with Gasteiger partial charge in [0.1, 0.15) is 17.2 Å². The Bertz CT molecular complexity index is 1110. The van der Waals surface area contributed by atoms with Crippen molar-refractivity contribution in [1.82, 2.24) is 5.43 Å². The smallest absolute Gasteiger partial charge is 0.343 e. The van der Waals surface area contributed by atoms with Crippen molar-refractivity contribution >= 4 is 18.1 Å². The van der Waals surface area contributed by atoms with Crippen LogP contribution in [0, 0.1) is 0 Å². The molecule has 0 unspecified atom stereocenters. The van der Waals surface area contributed by atoms with Crippen LogP contribution in [0.5, 0.6) is 17.2 Å². The van der Waals surface area contributed by atoms with E-state index in [0.717, 1.165) is 24.8 Å². The summed E-state index contributed by atoms with van der Waals surface area (Å²) in [4.78, 5) is 24.3.